The van der Waals surface area contributed by atoms with Crippen molar-refractivity contribution in [3.8, 4) is 11.5 Å². The maximum Gasteiger partial charge on any atom is 0.116 e. The van der Waals surface area contributed by atoms with E-state index in [1.54, 1.807) is 12.1 Å². The molecule has 280 valence electrons. The van der Waals surface area contributed by atoms with E-state index >= 15 is 0 Å². The Hall–Kier alpha value is -5.36. The van der Waals surface area contributed by atoms with Crippen LogP contribution in [0.4, 0.5) is 0 Å². The molecule has 0 amide bonds. The molecule has 8 bridgehead atoms. The molecule has 6 nitrogen and oxygen atoms in total. The topological polar surface area (TPSA) is 104 Å². The number of hydrogen-bond acceptors (Lipinski definition) is 2. The molecule has 0 saturated carbocycles. The van der Waals surface area contributed by atoms with Crippen LogP contribution >= 0.6 is 0 Å². The van der Waals surface area contributed by atoms with E-state index in [1.807, 2.05) is 24.3 Å². The Balaban J connectivity index is 1.79. The van der Waals surface area contributed by atoms with Crippen molar-refractivity contribution >= 4 is 23.3 Å². The molecule has 5 heterocycles. The van der Waals surface area contributed by atoms with Crippen LogP contribution in [0.5, 0.6) is 11.5 Å². The van der Waals surface area contributed by atoms with Crippen LogP contribution in [-0.2, 0) is 51.4 Å². The molecule has 2 aromatic carbocycles. The molecular weight excluding hydrogens is 665 g/mol. The summed E-state index contributed by atoms with van der Waals surface area (Å²) in [6, 6.07) is 15.4. The molecule has 7 rings (SSSR count). The second kappa shape index (κ2) is 15.2. The number of H-pyrrole nitrogens is 4. The number of aromatic hydroxyl groups is 2. The minimum atomic E-state index is 0.252. The summed E-state index contributed by atoms with van der Waals surface area (Å²) in [6.45, 7) is 18.0. The molecule has 0 unspecified atom stereocenters. The maximum atomic E-state index is 10.9. The van der Waals surface area contributed by atoms with Gasteiger partial charge in [-0.2, -0.15) is 0 Å². The minimum absolute atomic E-state index is 0.252. The van der Waals surface area contributed by atoms with E-state index in [4.69, 9.17) is 0 Å². The fraction of sp³-hybridized carbons (Fsp3) is 0.333. The summed E-state index contributed by atoms with van der Waals surface area (Å²) in [4.78, 5) is 16.0. The highest BCUT2D eigenvalue weighted by Crippen LogP contribution is 2.33. The van der Waals surface area contributed by atoms with Gasteiger partial charge in [-0.25, -0.2) is 0 Å². The van der Waals surface area contributed by atoms with Crippen molar-refractivity contribution in [3.05, 3.63) is 148 Å². The number of hydrogen-bond donors (Lipinski definition) is 6. The number of benzene rings is 2. The molecule has 54 heavy (non-hydrogen) atoms. The van der Waals surface area contributed by atoms with Crippen LogP contribution in [-0.4, -0.2) is 30.1 Å². The molecule has 0 radical (unpaired) electrons. The molecule has 1 aliphatic rings. The van der Waals surface area contributed by atoms with Crippen LogP contribution in [0.1, 0.15) is 134 Å². The van der Waals surface area contributed by atoms with Gasteiger partial charge in [0, 0.05) is 33.2 Å². The number of nitrogens with one attached hydrogen (secondary N) is 4. The molecule has 6 aromatic rings. The summed E-state index contributed by atoms with van der Waals surface area (Å²) in [6.07, 6.45) is 11.6. The summed E-state index contributed by atoms with van der Waals surface area (Å²) in [5, 5.41) is 26.1. The molecule has 0 aliphatic carbocycles. The second-order valence-corrected chi connectivity index (χ2v) is 14.5. The summed E-state index contributed by atoms with van der Waals surface area (Å²) in [5.74, 6) is 0.504. The monoisotopic (exact) mass is 720 g/mol. The highest BCUT2D eigenvalue weighted by Gasteiger charge is 2.25. The van der Waals surface area contributed by atoms with Crippen LogP contribution in [0.25, 0.3) is 23.3 Å². The molecule has 0 atom stereocenters. The Morgan fingerprint density at radius 1 is 0.407 bits per heavy atom. The third-order valence-corrected chi connectivity index (χ3v) is 11.7. The first-order valence-corrected chi connectivity index (χ1v) is 20.2. The van der Waals surface area contributed by atoms with Crippen LogP contribution in [0.3, 0.4) is 0 Å². The first-order valence-electron chi connectivity index (χ1n) is 20.2. The van der Waals surface area contributed by atoms with Gasteiger partial charge >= 0.3 is 0 Å². The van der Waals surface area contributed by atoms with Gasteiger partial charge in [0.25, 0.3) is 0 Å². The average Bonchev–Trinajstić information content (AvgIpc) is 3.91. The van der Waals surface area contributed by atoms with E-state index < -0.39 is 0 Å². The van der Waals surface area contributed by atoms with Gasteiger partial charge in [0.1, 0.15) is 11.5 Å². The highest BCUT2D eigenvalue weighted by molar-refractivity contribution is 5.84. The molecule has 0 fully saturated rings. The van der Waals surface area contributed by atoms with Crippen molar-refractivity contribution in [2.45, 2.75) is 107 Å². The van der Waals surface area contributed by atoms with E-state index in [1.165, 1.54) is 44.5 Å². The standard InChI is InChI=1S/C48H56N4O2/c1-9-31-35(13-5)45-43(27-19-17-21-29(53)23-27)46-37(15-7)33(11-3)41(51-46)26-42-34(12-4)38(16-8)48(52-42)44(28-20-18-22-30(54)24-28)47-36(14-6)32(10-2)40(50-47)25-39(31)49-45/h17-26,49-54H,9-16H2,1-8H3/b39-25-,40-25?,41-26?,42-26-,45-43-,46-43?,47-44?,48-44-. The maximum absolute atomic E-state index is 10.9. The fourth-order valence-corrected chi connectivity index (χ4v) is 9.36. The lowest BCUT2D eigenvalue weighted by molar-refractivity contribution is 0.474. The number of phenolic OH excluding ortho intramolecular Hbond substituents is 2. The molecule has 6 heteroatoms. The number of phenols is 2. The van der Waals surface area contributed by atoms with Crippen molar-refractivity contribution in [3.63, 3.8) is 0 Å². The Bertz CT molecular complexity index is 2440. The first kappa shape index (κ1) is 37.0. The van der Waals surface area contributed by atoms with Gasteiger partial charge in [-0.15, -0.1) is 0 Å². The van der Waals surface area contributed by atoms with Gasteiger partial charge in [0.2, 0.25) is 0 Å². The molecule has 0 spiro atoms. The first-order chi connectivity index (χ1) is 26.2. The van der Waals surface area contributed by atoms with Crippen molar-refractivity contribution in [2.75, 3.05) is 0 Å². The summed E-state index contributed by atoms with van der Waals surface area (Å²) < 4.78 is 0. The lowest BCUT2D eigenvalue weighted by atomic mass is 9.93. The molecule has 0 saturated heterocycles. The highest BCUT2D eigenvalue weighted by atomic mass is 16.3. The second-order valence-electron chi connectivity index (χ2n) is 14.5. The number of rotatable bonds is 10. The summed E-state index contributed by atoms with van der Waals surface area (Å²) in [5.41, 5.74) is 19.0. The van der Waals surface area contributed by atoms with Crippen LogP contribution in [0.2, 0.25) is 0 Å². The molecule has 4 aromatic heterocycles. The lowest BCUT2D eigenvalue weighted by Gasteiger charge is -2.11. The zero-order valence-corrected chi connectivity index (χ0v) is 33.3. The number of fused-ring (bicyclic) bond motifs is 8. The Morgan fingerprint density at radius 2 is 0.759 bits per heavy atom. The lowest BCUT2D eigenvalue weighted by Crippen LogP contribution is -2.19. The molecule has 6 N–H and O–H groups in total. The average molecular weight is 721 g/mol. The predicted octanol–water partition coefficient (Wildman–Crippen LogP) is 7.38. The van der Waals surface area contributed by atoms with E-state index in [2.05, 4.69) is 99.6 Å². The SMILES string of the molecule is CCc1c2[nH]c(c1CC)/C(c1cccc(O)c1)=c1\[nH]/c(c(CC)c1CC)=C\c1[nH]c(c(CC)c1CC)/C(c1cccc(O)c1)=c1\[nH]/c(c(CC)c1CC)=C\2. The van der Waals surface area contributed by atoms with Crippen LogP contribution in [0.15, 0.2) is 48.5 Å². The molecule has 1 aliphatic heterocycles. The minimum Gasteiger partial charge on any atom is -0.508 e. The summed E-state index contributed by atoms with van der Waals surface area (Å²) >= 11 is 0. The number of aromatic amines is 4. The fourth-order valence-electron chi connectivity index (χ4n) is 9.36. The van der Waals surface area contributed by atoms with Gasteiger partial charge < -0.3 is 30.1 Å². The normalized spacial score (nSPS) is 15.9. The third-order valence-electron chi connectivity index (χ3n) is 11.7. The van der Waals surface area contributed by atoms with Crippen molar-refractivity contribution < 1.29 is 10.2 Å². The van der Waals surface area contributed by atoms with Crippen molar-refractivity contribution in [1.82, 2.24) is 19.9 Å². The van der Waals surface area contributed by atoms with Gasteiger partial charge in [-0.3, -0.25) is 0 Å². The van der Waals surface area contributed by atoms with Crippen LogP contribution in [0, 0.1) is 0 Å². The van der Waals surface area contributed by atoms with Gasteiger partial charge in [-0.1, -0.05) is 79.7 Å². The predicted molar refractivity (Wildman–Crippen MR) is 223 cm³/mol. The van der Waals surface area contributed by atoms with E-state index in [0.717, 1.165) is 118 Å². The van der Waals surface area contributed by atoms with Gasteiger partial charge in [0.05, 0.1) is 22.1 Å². The Morgan fingerprint density at radius 3 is 1.07 bits per heavy atom. The quantitative estimate of drug-likeness (QED) is 0.0889. The van der Waals surface area contributed by atoms with E-state index in [9.17, 15) is 10.2 Å². The van der Waals surface area contributed by atoms with Crippen molar-refractivity contribution in [2.24, 2.45) is 0 Å². The summed E-state index contributed by atoms with van der Waals surface area (Å²) in [7, 11) is 0. The number of aromatic nitrogens is 4. The van der Waals surface area contributed by atoms with Crippen molar-refractivity contribution in [1.29, 1.82) is 0 Å². The smallest absolute Gasteiger partial charge is 0.116 e. The van der Waals surface area contributed by atoms with Gasteiger partial charge in [-0.05, 0) is 143 Å². The largest absolute Gasteiger partial charge is 0.508 e. The Labute approximate surface area is 319 Å². The zero-order valence-electron chi connectivity index (χ0n) is 33.3. The third kappa shape index (κ3) is 6.06. The van der Waals surface area contributed by atoms with E-state index in [0.29, 0.717) is 0 Å². The van der Waals surface area contributed by atoms with Gasteiger partial charge in [0.15, 0.2) is 0 Å². The Kier molecular flexibility index (Phi) is 10.4. The van der Waals surface area contributed by atoms with E-state index in [-0.39, 0.29) is 11.5 Å². The zero-order chi connectivity index (χ0) is 38.3. The van der Waals surface area contributed by atoms with Crippen LogP contribution < -0.4 is 21.4 Å². The molecular formula is C48H56N4O2.